The number of H-pyrrole nitrogens is 1. The number of aryl methyl sites for hydroxylation is 1. The third-order valence-electron chi connectivity index (χ3n) is 3.30. The van der Waals surface area contributed by atoms with Crippen molar-refractivity contribution in [2.24, 2.45) is 0 Å². The molecule has 88 valence electrons. The SMILES string of the molecule is COc1ccc(Cl)c2[nH]c3c(c12)CCCC3=O. The van der Waals surface area contributed by atoms with Gasteiger partial charge in [-0.15, -0.1) is 0 Å². The molecule has 0 unspecified atom stereocenters. The number of carbonyl (C=O) groups excluding carboxylic acids is 1. The van der Waals surface area contributed by atoms with E-state index in [1.165, 1.54) is 0 Å². The summed E-state index contributed by atoms with van der Waals surface area (Å²) in [5.74, 6) is 0.942. The van der Waals surface area contributed by atoms with Crippen LogP contribution in [0.3, 0.4) is 0 Å². The van der Waals surface area contributed by atoms with Crippen LogP contribution < -0.4 is 4.74 Å². The molecule has 1 N–H and O–H groups in total. The first-order chi connectivity index (χ1) is 8.22. The molecular formula is C13H12ClNO2. The maximum absolute atomic E-state index is 11.9. The summed E-state index contributed by atoms with van der Waals surface area (Å²) in [6, 6.07) is 3.63. The van der Waals surface area contributed by atoms with E-state index in [0.717, 1.165) is 35.1 Å². The Bertz CT molecular complexity index is 615. The van der Waals surface area contributed by atoms with E-state index in [-0.39, 0.29) is 5.78 Å². The summed E-state index contributed by atoms with van der Waals surface area (Å²) >= 11 is 6.16. The molecule has 0 spiro atoms. The van der Waals surface area contributed by atoms with Crippen LogP contribution >= 0.6 is 11.6 Å². The van der Waals surface area contributed by atoms with E-state index in [2.05, 4.69) is 4.98 Å². The van der Waals surface area contributed by atoms with Crippen LogP contribution in [-0.2, 0) is 6.42 Å². The van der Waals surface area contributed by atoms with Gasteiger partial charge in [-0.05, 0) is 30.5 Å². The molecule has 0 fully saturated rings. The standard InChI is InChI=1S/C13H12ClNO2/c1-17-10-6-5-8(14)13-11(10)7-3-2-4-9(16)12(7)15-13/h5-6,15H,2-4H2,1H3. The van der Waals surface area contributed by atoms with Crippen molar-refractivity contribution in [3.05, 3.63) is 28.4 Å². The number of nitrogens with one attached hydrogen (secondary N) is 1. The van der Waals surface area contributed by atoms with E-state index in [4.69, 9.17) is 16.3 Å². The Morgan fingerprint density at radius 1 is 1.35 bits per heavy atom. The smallest absolute Gasteiger partial charge is 0.179 e. The van der Waals surface area contributed by atoms with Gasteiger partial charge in [0.25, 0.3) is 0 Å². The van der Waals surface area contributed by atoms with Crippen molar-refractivity contribution in [1.82, 2.24) is 4.98 Å². The van der Waals surface area contributed by atoms with Gasteiger partial charge in [-0.2, -0.15) is 0 Å². The van der Waals surface area contributed by atoms with Crippen LogP contribution in [0.5, 0.6) is 5.75 Å². The molecule has 0 saturated heterocycles. The van der Waals surface area contributed by atoms with E-state index in [1.54, 1.807) is 13.2 Å². The van der Waals surface area contributed by atoms with Gasteiger partial charge in [-0.3, -0.25) is 4.79 Å². The molecule has 0 aliphatic heterocycles. The van der Waals surface area contributed by atoms with Gasteiger partial charge in [-0.25, -0.2) is 0 Å². The van der Waals surface area contributed by atoms with Gasteiger partial charge in [0.05, 0.1) is 23.3 Å². The lowest BCUT2D eigenvalue weighted by Crippen LogP contribution is -2.09. The fraction of sp³-hybridized carbons (Fsp3) is 0.308. The fourth-order valence-corrected chi connectivity index (χ4v) is 2.72. The topological polar surface area (TPSA) is 42.1 Å². The molecule has 0 atom stereocenters. The predicted molar refractivity (Wildman–Crippen MR) is 67.1 cm³/mol. The molecule has 3 nitrogen and oxygen atoms in total. The van der Waals surface area contributed by atoms with Crippen molar-refractivity contribution in [2.45, 2.75) is 19.3 Å². The fourth-order valence-electron chi connectivity index (χ4n) is 2.51. The molecule has 0 radical (unpaired) electrons. The zero-order chi connectivity index (χ0) is 12.0. The van der Waals surface area contributed by atoms with Gasteiger partial charge in [0.15, 0.2) is 5.78 Å². The first-order valence-electron chi connectivity index (χ1n) is 5.62. The predicted octanol–water partition coefficient (Wildman–Crippen LogP) is 3.35. The van der Waals surface area contributed by atoms with E-state index >= 15 is 0 Å². The Kier molecular flexibility index (Phi) is 2.37. The lowest BCUT2D eigenvalue weighted by Gasteiger charge is -2.10. The maximum atomic E-state index is 11.9. The largest absolute Gasteiger partial charge is 0.496 e. The minimum Gasteiger partial charge on any atom is -0.496 e. The normalized spacial score (nSPS) is 15.1. The number of carbonyl (C=O) groups is 1. The molecule has 3 rings (SSSR count). The zero-order valence-electron chi connectivity index (χ0n) is 9.47. The van der Waals surface area contributed by atoms with Gasteiger partial charge in [0, 0.05) is 11.8 Å². The van der Waals surface area contributed by atoms with Crippen LogP contribution in [0, 0.1) is 0 Å². The minimum absolute atomic E-state index is 0.167. The van der Waals surface area contributed by atoms with Crippen molar-refractivity contribution in [3.8, 4) is 5.75 Å². The molecule has 1 aliphatic rings. The van der Waals surface area contributed by atoms with Gasteiger partial charge in [0.1, 0.15) is 5.75 Å². The number of aromatic amines is 1. The molecule has 1 aromatic heterocycles. The van der Waals surface area contributed by atoms with Gasteiger partial charge in [0.2, 0.25) is 0 Å². The van der Waals surface area contributed by atoms with E-state index < -0.39 is 0 Å². The molecule has 1 aliphatic carbocycles. The number of ketones is 1. The molecule has 17 heavy (non-hydrogen) atoms. The molecule has 0 amide bonds. The van der Waals surface area contributed by atoms with E-state index in [1.807, 2.05) is 6.07 Å². The van der Waals surface area contributed by atoms with E-state index in [0.29, 0.717) is 17.1 Å². The van der Waals surface area contributed by atoms with Crippen molar-refractivity contribution in [3.63, 3.8) is 0 Å². The van der Waals surface area contributed by atoms with Crippen LogP contribution in [-0.4, -0.2) is 17.9 Å². The number of fused-ring (bicyclic) bond motifs is 3. The second-order valence-corrected chi connectivity index (χ2v) is 4.66. The van der Waals surface area contributed by atoms with Crippen molar-refractivity contribution in [1.29, 1.82) is 0 Å². The highest BCUT2D eigenvalue weighted by atomic mass is 35.5. The minimum atomic E-state index is 0.167. The number of aromatic nitrogens is 1. The summed E-state index contributed by atoms with van der Waals surface area (Å²) in [7, 11) is 1.63. The molecule has 0 saturated carbocycles. The highest BCUT2D eigenvalue weighted by Gasteiger charge is 2.24. The van der Waals surface area contributed by atoms with Crippen molar-refractivity contribution in [2.75, 3.05) is 7.11 Å². The van der Waals surface area contributed by atoms with Crippen LogP contribution in [0.2, 0.25) is 5.02 Å². The average molecular weight is 250 g/mol. The number of hydrogen-bond acceptors (Lipinski definition) is 2. The van der Waals surface area contributed by atoms with Gasteiger partial charge in [-0.1, -0.05) is 11.6 Å². The van der Waals surface area contributed by atoms with Crippen LogP contribution in [0.25, 0.3) is 10.9 Å². The van der Waals surface area contributed by atoms with E-state index in [9.17, 15) is 4.79 Å². The summed E-state index contributed by atoms with van der Waals surface area (Å²) in [4.78, 5) is 15.0. The van der Waals surface area contributed by atoms with Gasteiger partial charge < -0.3 is 9.72 Å². The number of ether oxygens (including phenoxy) is 1. The quantitative estimate of drug-likeness (QED) is 0.842. The Morgan fingerprint density at radius 3 is 2.94 bits per heavy atom. The summed E-state index contributed by atoms with van der Waals surface area (Å²) in [5.41, 5.74) is 2.57. The third kappa shape index (κ3) is 1.46. The monoisotopic (exact) mass is 249 g/mol. The summed E-state index contributed by atoms with van der Waals surface area (Å²) in [6.45, 7) is 0. The lowest BCUT2D eigenvalue weighted by atomic mass is 9.94. The van der Waals surface area contributed by atoms with Crippen molar-refractivity contribution >= 4 is 28.3 Å². The second kappa shape index (κ2) is 3.77. The Hall–Kier alpha value is -1.48. The van der Waals surface area contributed by atoms with Crippen LogP contribution in [0.1, 0.15) is 28.9 Å². The number of rotatable bonds is 1. The Morgan fingerprint density at radius 2 is 2.18 bits per heavy atom. The second-order valence-electron chi connectivity index (χ2n) is 4.25. The number of benzene rings is 1. The lowest BCUT2D eigenvalue weighted by molar-refractivity contribution is 0.0968. The third-order valence-corrected chi connectivity index (χ3v) is 3.61. The molecule has 2 aromatic rings. The number of methoxy groups -OCH3 is 1. The first kappa shape index (κ1) is 10.7. The molecule has 4 heteroatoms. The number of halogens is 1. The summed E-state index contributed by atoms with van der Waals surface area (Å²) in [6.07, 6.45) is 2.41. The Balaban J connectivity index is 2.41. The summed E-state index contributed by atoms with van der Waals surface area (Å²) < 4.78 is 5.35. The number of hydrogen-bond donors (Lipinski definition) is 1. The first-order valence-corrected chi connectivity index (χ1v) is 6.00. The maximum Gasteiger partial charge on any atom is 0.179 e. The number of Topliss-reactive ketones (excluding diaryl/α,β-unsaturated/α-hetero) is 1. The molecule has 1 aromatic carbocycles. The molecule has 1 heterocycles. The Labute approximate surface area is 104 Å². The highest BCUT2D eigenvalue weighted by molar-refractivity contribution is 6.35. The summed E-state index contributed by atoms with van der Waals surface area (Å²) in [5, 5.41) is 1.59. The van der Waals surface area contributed by atoms with Crippen LogP contribution in [0.4, 0.5) is 0 Å². The molecular weight excluding hydrogens is 238 g/mol. The van der Waals surface area contributed by atoms with Gasteiger partial charge >= 0.3 is 0 Å². The molecule has 0 bridgehead atoms. The van der Waals surface area contributed by atoms with Crippen molar-refractivity contribution < 1.29 is 9.53 Å². The van der Waals surface area contributed by atoms with Crippen LogP contribution in [0.15, 0.2) is 12.1 Å². The average Bonchev–Trinajstić information content (AvgIpc) is 2.72. The highest BCUT2D eigenvalue weighted by Crippen LogP contribution is 2.38. The zero-order valence-corrected chi connectivity index (χ0v) is 10.2.